The molecule has 0 saturated heterocycles. The minimum atomic E-state index is -0.424. The largest absolute Gasteiger partial charge is 0.388 e. The van der Waals surface area contributed by atoms with E-state index in [0.717, 1.165) is 54.3 Å². The number of aromatic nitrogens is 2. The summed E-state index contributed by atoms with van der Waals surface area (Å²) >= 11 is 0. The van der Waals surface area contributed by atoms with Crippen LogP contribution >= 0.6 is 0 Å². The quantitative estimate of drug-likeness (QED) is 0.698. The van der Waals surface area contributed by atoms with Gasteiger partial charge in [-0.2, -0.15) is 0 Å². The number of aliphatic hydroxyl groups excluding tert-OH is 1. The van der Waals surface area contributed by atoms with Crippen LogP contribution in [0.1, 0.15) is 51.5 Å². The van der Waals surface area contributed by atoms with Gasteiger partial charge in [-0.15, -0.1) is 0 Å². The van der Waals surface area contributed by atoms with Gasteiger partial charge in [0.15, 0.2) is 0 Å². The first-order valence-corrected chi connectivity index (χ1v) is 12.4. The van der Waals surface area contributed by atoms with Crippen molar-refractivity contribution < 1.29 is 9.90 Å². The number of benzene rings is 1. The first-order chi connectivity index (χ1) is 15.8. The van der Waals surface area contributed by atoms with Gasteiger partial charge in [0.1, 0.15) is 0 Å². The van der Waals surface area contributed by atoms with Crippen LogP contribution in [-0.2, 0) is 4.79 Å². The van der Waals surface area contributed by atoms with Crippen LogP contribution in [0.3, 0.4) is 0 Å². The molecule has 0 radical (unpaired) electrons. The predicted molar refractivity (Wildman–Crippen MR) is 129 cm³/mol. The van der Waals surface area contributed by atoms with E-state index in [4.69, 9.17) is 0 Å². The second kappa shape index (κ2) is 7.23. The molecule has 1 aliphatic heterocycles. The fourth-order valence-corrected chi connectivity index (χ4v) is 8.07. The van der Waals surface area contributed by atoms with Crippen LogP contribution in [-0.4, -0.2) is 45.1 Å². The lowest BCUT2D eigenvalue weighted by atomic mass is 9.48. The second-order valence-electron chi connectivity index (χ2n) is 11.3. The Morgan fingerprint density at radius 1 is 1.12 bits per heavy atom. The van der Waals surface area contributed by atoms with Crippen molar-refractivity contribution in [1.82, 2.24) is 14.9 Å². The van der Waals surface area contributed by atoms with Crippen LogP contribution in [0.15, 0.2) is 48.3 Å². The standard InChI is InChI=1S/C28H33N3O2/c1-27-12-10-24(32)31(3)23(27)8-7-19-20(27)9-11-28(2)21(19)16-18(26(28)33)15-17-5-4-6-22-25(17)30-14-13-29-22/h4-6,10,12-15,19-21,23,26,33H,7-9,11,16H2,1-3H3/b18-15+/t19-,20+,21+,23-,26+,27-,28+/m1/s1. The monoisotopic (exact) mass is 443 g/mol. The molecular weight excluding hydrogens is 410 g/mol. The highest BCUT2D eigenvalue weighted by molar-refractivity contribution is 5.89. The zero-order valence-electron chi connectivity index (χ0n) is 19.7. The maximum Gasteiger partial charge on any atom is 0.246 e. The van der Waals surface area contributed by atoms with Crippen molar-refractivity contribution in [2.24, 2.45) is 28.6 Å². The van der Waals surface area contributed by atoms with E-state index in [0.29, 0.717) is 17.8 Å². The third-order valence-corrected chi connectivity index (χ3v) is 9.87. The Hall–Kier alpha value is -2.53. The smallest absolute Gasteiger partial charge is 0.246 e. The molecule has 2 aromatic rings. The molecule has 172 valence electrons. The molecule has 2 heterocycles. The van der Waals surface area contributed by atoms with Gasteiger partial charge in [0.25, 0.3) is 0 Å². The van der Waals surface area contributed by atoms with Crippen molar-refractivity contribution in [2.45, 2.75) is 58.1 Å². The molecule has 0 spiro atoms. The number of carbonyl (C=O) groups excluding carboxylic acids is 1. The number of hydrogen-bond acceptors (Lipinski definition) is 4. The molecular formula is C28H33N3O2. The number of fused-ring (bicyclic) bond motifs is 6. The molecule has 0 bridgehead atoms. The van der Waals surface area contributed by atoms with Gasteiger partial charge in [0, 0.05) is 41.9 Å². The van der Waals surface area contributed by atoms with Gasteiger partial charge in [-0.1, -0.05) is 38.1 Å². The number of amides is 1. The molecule has 4 aliphatic rings. The molecule has 33 heavy (non-hydrogen) atoms. The van der Waals surface area contributed by atoms with Crippen molar-refractivity contribution >= 4 is 23.0 Å². The molecule has 3 fully saturated rings. The minimum Gasteiger partial charge on any atom is -0.388 e. The molecule has 6 rings (SSSR count). The van der Waals surface area contributed by atoms with Crippen LogP contribution in [0, 0.1) is 28.6 Å². The third kappa shape index (κ3) is 2.91. The lowest BCUT2D eigenvalue weighted by Gasteiger charge is -2.59. The Morgan fingerprint density at radius 3 is 2.79 bits per heavy atom. The topological polar surface area (TPSA) is 66.3 Å². The van der Waals surface area contributed by atoms with Crippen molar-refractivity contribution in [3.8, 4) is 0 Å². The number of rotatable bonds is 1. The molecule has 7 atom stereocenters. The van der Waals surface area contributed by atoms with Crippen LogP contribution < -0.4 is 0 Å². The van der Waals surface area contributed by atoms with E-state index in [2.05, 4.69) is 42.0 Å². The van der Waals surface area contributed by atoms with Crippen LogP contribution in [0.25, 0.3) is 17.1 Å². The Morgan fingerprint density at radius 2 is 1.94 bits per heavy atom. The van der Waals surface area contributed by atoms with E-state index < -0.39 is 6.10 Å². The number of likely N-dealkylation sites (N-methyl/N-ethyl adjacent to an activating group) is 1. The Balaban J connectivity index is 1.36. The predicted octanol–water partition coefficient (Wildman–Crippen LogP) is 4.62. The summed E-state index contributed by atoms with van der Waals surface area (Å²) in [4.78, 5) is 23.3. The number of nitrogens with zero attached hydrogens (tertiary/aromatic N) is 3. The van der Waals surface area contributed by atoms with Crippen LogP contribution in [0.5, 0.6) is 0 Å². The SMILES string of the molecule is CN1C(=O)C=C[C@]2(C)[C@H]3CC[C@]4(C)[C@@H](O)/C(=C/c5cccc6nccnc56)C[C@H]4[C@@H]3CC[C@@H]12. The summed E-state index contributed by atoms with van der Waals surface area (Å²) in [5.74, 6) is 1.73. The molecule has 3 saturated carbocycles. The minimum absolute atomic E-state index is 0.0234. The summed E-state index contributed by atoms with van der Waals surface area (Å²) < 4.78 is 0. The molecule has 1 aromatic heterocycles. The van der Waals surface area contributed by atoms with Crippen molar-refractivity contribution in [3.63, 3.8) is 0 Å². The zero-order valence-corrected chi connectivity index (χ0v) is 19.7. The summed E-state index contributed by atoms with van der Waals surface area (Å²) in [6.45, 7) is 4.68. The summed E-state index contributed by atoms with van der Waals surface area (Å²) in [6.07, 6.45) is 14.5. The highest BCUT2D eigenvalue weighted by Crippen LogP contribution is 2.65. The maximum atomic E-state index is 12.3. The number of hydrogen-bond donors (Lipinski definition) is 1. The fourth-order valence-electron chi connectivity index (χ4n) is 8.07. The average molecular weight is 444 g/mol. The highest BCUT2D eigenvalue weighted by Gasteiger charge is 2.61. The van der Waals surface area contributed by atoms with Crippen LogP contribution in [0.2, 0.25) is 0 Å². The van der Waals surface area contributed by atoms with E-state index in [1.54, 1.807) is 18.5 Å². The van der Waals surface area contributed by atoms with Gasteiger partial charge in [0.2, 0.25) is 5.91 Å². The zero-order chi connectivity index (χ0) is 23.0. The van der Waals surface area contributed by atoms with E-state index in [1.165, 1.54) is 0 Å². The van der Waals surface area contributed by atoms with Gasteiger partial charge < -0.3 is 10.0 Å². The van der Waals surface area contributed by atoms with E-state index >= 15 is 0 Å². The number of para-hydroxylation sites is 1. The molecule has 5 heteroatoms. The normalized spacial score (nSPS) is 41.2. The van der Waals surface area contributed by atoms with Crippen molar-refractivity contribution in [3.05, 3.63) is 53.9 Å². The second-order valence-corrected chi connectivity index (χ2v) is 11.3. The lowest BCUT2D eigenvalue weighted by Crippen LogP contribution is -2.59. The Bertz CT molecular complexity index is 1180. The first-order valence-electron chi connectivity index (χ1n) is 12.4. The highest BCUT2D eigenvalue weighted by atomic mass is 16.3. The van der Waals surface area contributed by atoms with E-state index in [9.17, 15) is 9.90 Å². The summed E-state index contributed by atoms with van der Waals surface area (Å²) in [6, 6.07) is 6.37. The molecule has 5 nitrogen and oxygen atoms in total. The summed E-state index contributed by atoms with van der Waals surface area (Å²) in [7, 11) is 1.97. The Kier molecular flexibility index (Phi) is 4.61. The molecule has 1 N–H and O–H groups in total. The number of aliphatic hydroxyl groups is 1. The van der Waals surface area contributed by atoms with Crippen molar-refractivity contribution in [2.75, 3.05) is 7.05 Å². The molecule has 3 aliphatic carbocycles. The molecule has 1 amide bonds. The van der Waals surface area contributed by atoms with Crippen molar-refractivity contribution in [1.29, 1.82) is 0 Å². The molecule has 1 aromatic carbocycles. The summed E-state index contributed by atoms with van der Waals surface area (Å²) in [5.41, 5.74) is 3.89. The van der Waals surface area contributed by atoms with E-state index in [-0.39, 0.29) is 22.8 Å². The first kappa shape index (κ1) is 21.0. The summed E-state index contributed by atoms with van der Waals surface area (Å²) in [5, 5.41) is 11.6. The number of carbonyl (C=O) groups is 1. The lowest BCUT2D eigenvalue weighted by molar-refractivity contribution is -0.140. The maximum absolute atomic E-state index is 12.3. The van der Waals surface area contributed by atoms with Gasteiger partial charge >= 0.3 is 0 Å². The van der Waals surface area contributed by atoms with Gasteiger partial charge in [0.05, 0.1) is 17.1 Å². The Labute approximate surface area is 195 Å². The van der Waals surface area contributed by atoms with Gasteiger partial charge in [-0.3, -0.25) is 14.8 Å². The fraction of sp³-hybridized carbons (Fsp3) is 0.536. The van der Waals surface area contributed by atoms with Gasteiger partial charge in [-0.05, 0) is 67.6 Å². The third-order valence-electron chi connectivity index (χ3n) is 9.87. The van der Waals surface area contributed by atoms with E-state index in [1.807, 2.05) is 24.1 Å². The average Bonchev–Trinajstić information content (AvgIpc) is 3.07. The van der Waals surface area contributed by atoms with Crippen LogP contribution in [0.4, 0.5) is 0 Å². The molecule has 0 unspecified atom stereocenters. The van der Waals surface area contributed by atoms with Gasteiger partial charge in [-0.25, -0.2) is 0 Å².